The number of ether oxygens (including phenoxy) is 1. The van der Waals surface area contributed by atoms with E-state index in [1.54, 1.807) is 12.1 Å². The van der Waals surface area contributed by atoms with Crippen LogP contribution in [0.2, 0.25) is 0 Å². The fraction of sp³-hybridized carbons (Fsp3) is 0.593. The molecule has 4 nitrogen and oxygen atoms in total. The summed E-state index contributed by atoms with van der Waals surface area (Å²) in [7, 11) is 1.44. The normalized spacial score (nSPS) is 19.3. The first-order valence-corrected chi connectivity index (χ1v) is 11.7. The molecular formula is C27H39NO3. The van der Waals surface area contributed by atoms with Gasteiger partial charge in [-0.1, -0.05) is 58.2 Å². The van der Waals surface area contributed by atoms with Gasteiger partial charge >= 0.3 is 5.97 Å². The Hall–Kier alpha value is -2.07. The average Bonchev–Trinajstić information content (AvgIpc) is 2.72. The number of nitrogens with zero attached hydrogens (tertiary/aromatic N) is 1. The van der Waals surface area contributed by atoms with Crippen molar-refractivity contribution in [2.75, 3.05) is 20.2 Å². The van der Waals surface area contributed by atoms with Crippen LogP contribution in [0, 0.1) is 17.3 Å². The molecule has 4 rings (SSSR count). The third-order valence-corrected chi connectivity index (χ3v) is 7.15. The smallest absolute Gasteiger partial charge is 0.311 e. The third-order valence-electron chi connectivity index (χ3n) is 7.15. The number of benzene rings is 2. The first-order valence-electron chi connectivity index (χ1n) is 11.7. The molecule has 1 aliphatic carbocycles. The van der Waals surface area contributed by atoms with Gasteiger partial charge in [0.25, 0.3) is 0 Å². The third kappa shape index (κ3) is 6.00. The fourth-order valence-electron chi connectivity index (χ4n) is 4.84. The van der Waals surface area contributed by atoms with E-state index >= 15 is 0 Å². The molecule has 1 atom stereocenters. The molecule has 2 aromatic carbocycles. The van der Waals surface area contributed by atoms with Gasteiger partial charge in [-0.15, -0.1) is 0 Å². The number of fused-ring (bicyclic) bond motifs is 1. The van der Waals surface area contributed by atoms with E-state index in [0.717, 1.165) is 29.8 Å². The SMILES string of the molecule is CC(C)(C)C1CCCCC1.COC(=O)C1CN(C(C)c2ccc3cc(O)ccc3c2)C1. The maximum absolute atomic E-state index is 11.4. The Bertz CT molecular complexity index is 874. The molecule has 2 aliphatic rings. The zero-order valence-electron chi connectivity index (χ0n) is 19.9. The van der Waals surface area contributed by atoms with Gasteiger partial charge in [-0.2, -0.15) is 0 Å². The molecule has 1 N–H and O–H groups in total. The highest BCUT2D eigenvalue weighted by Crippen LogP contribution is 2.37. The van der Waals surface area contributed by atoms with Gasteiger partial charge in [0.15, 0.2) is 0 Å². The second-order valence-electron chi connectivity index (χ2n) is 10.3. The number of methoxy groups -OCH3 is 1. The van der Waals surface area contributed by atoms with E-state index in [-0.39, 0.29) is 23.7 Å². The first-order chi connectivity index (χ1) is 14.7. The summed E-state index contributed by atoms with van der Waals surface area (Å²) in [4.78, 5) is 13.7. The van der Waals surface area contributed by atoms with Crippen molar-refractivity contribution in [2.45, 2.75) is 65.8 Å². The number of rotatable bonds is 3. The fourth-order valence-corrected chi connectivity index (χ4v) is 4.84. The number of aromatic hydroxyl groups is 1. The molecule has 0 spiro atoms. The number of likely N-dealkylation sites (tertiary alicyclic amines) is 1. The van der Waals surface area contributed by atoms with Crippen LogP contribution in [0.5, 0.6) is 5.75 Å². The summed E-state index contributed by atoms with van der Waals surface area (Å²) in [5.74, 6) is 1.18. The highest BCUT2D eigenvalue weighted by Gasteiger charge is 2.36. The maximum atomic E-state index is 11.4. The van der Waals surface area contributed by atoms with Crippen LogP contribution in [0.4, 0.5) is 0 Å². The molecule has 0 amide bonds. The highest BCUT2D eigenvalue weighted by atomic mass is 16.5. The van der Waals surface area contributed by atoms with Crippen LogP contribution in [0.1, 0.15) is 71.4 Å². The minimum absolute atomic E-state index is 0.00912. The Morgan fingerprint density at radius 1 is 1.03 bits per heavy atom. The zero-order valence-corrected chi connectivity index (χ0v) is 19.9. The monoisotopic (exact) mass is 425 g/mol. The van der Waals surface area contributed by atoms with Crippen LogP contribution in [-0.2, 0) is 9.53 Å². The number of esters is 1. The van der Waals surface area contributed by atoms with Crippen LogP contribution in [-0.4, -0.2) is 36.2 Å². The molecule has 2 aromatic rings. The van der Waals surface area contributed by atoms with Crippen LogP contribution >= 0.6 is 0 Å². The predicted molar refractivity (Wildman–Crippen MR) is 127 cm³/mol. The van der Waals surface area contributed by atoms with E-state index < -0.39 is 0 Å². The summed E-state index contributed by atoms with van der Waals surface area (Å²) < 4.78 is 4.77. The number of hydrogen-bond acceptors (Lipinski definition) is 4. The molecule has 0 bridgehead atoms. The van der Waals surface area contributed by atoms with Crippen molar-refractivity contribution in [2.24, 2.45) is 17.3 Å². The topological polar surface area (TPSA) is 49.8 Å². The van der Waals surface area contributed by atoms with Crippen molar-refractivity contribution in [3.05, 3.63) is 42.0 Å². The summed E-state index contributed by atoms with van der Waals surface area (Å²) in [6.45, 7) is 10.8. The Labute approximate surface area is 187 Å². The Balaban J connectivity index is 0.000000229. The summed E-state index contributed by atoms with van der Waals surface area (Å²) in [6.07, 6.45) is 7.38. The van der Waals surface area contributed by atoms with Gasteiger partial charge < -0.3 is 9.84 Å². The average molecular weight is 426 g/mol. The van der Waals surface area contributed by atoms with Crippen molar-refractivity contribution >= 4 is 16.7 Å². The van der Waals surface area contributed by atoms with E-state index in [0.29, 0.717) is 5.41 Å². The minimum atomic E-state index is -0.118. The molecule has 1 saturated carbocycles. The van der Waals surface area contributed by atoms with E-state index in [9.17, 15) is 9.90 Å². The lowest BCUT2D eigenvalue weighted by atomic mass is 9.72. The second kappa shape index (κ2) is 10.0. The molecule has 1 heterocycles. The number of carbonyl (C=O) groups is 1. The zero-order chi connectivity index (χ0) is 22.6. The predicted octanol–water partition coefficient (Wildman–Crippen LogP) is 6.32. The van der Waals surface area contributed by atoms with Crippen molar-refractivity contribution in [3.63, 3.8) is 0 Å². The van der Waals surface area contributed by atoms with Crippen molar-refractivity contribution in [3.8, 4) is 5.75 Å². The number of phenolic OH excluding ortho intramolecular Hbond substituents is 1. The second-order valence-corrected chi connectivity index (χ2v) is 10.3. The Morgan fingerprint density at radius 3 is 2.23 bits per heavy atom. The van der Waals surface area contributed by atoms with Gasteiger partial charge in [0.05, 0.1) is 13.0 Å². The molecule has 2 fully saturated rings. The van der Waals surface area contributed by atoms with Gasteiger partial charge in [-0.25, -0.2) is 0 Å². The molecule has 4 heteroatoms. The van der Waals surface area contributed by atoms with E-state index in [1.165, 1.54) is 44.8 Å². The van der Waals surface area contributed by atoms with E-state index in [2.05, 4.69) is 44.7 Å². The number of phenols is 1. The van der Waals surface area contributed by atoms with Gasteiger partial charge in [-0.3, -0.25) is 9.69 Å². The quantitative estimate of drug-likeness (QED) is 0.584. The molecule has 0 aromatic heterocycles. The summed E-state index contributed by atoms with van der Waals surface area (Å²) in [6, 6.07) is 11.9. The molecule has 1 saturated heterocycles. The van der Waals surface area contributed by atoms with Gasteiger partial charge in [0, 0.05) is 19.1 Å². The molecule has 0 radical (unpaired) electrons. The summed E-state index contributed by atoms with van der Waals surface area (Å²) in [5, 5.41) is 11.6. The van der Waals surface area contributed by atoms with Crippen molar-refractivity contribution < 1.29 is 14.6 Å². The number of carbonyl (C=O) groups excluding carboxylic acids is 1. The van der Waals surface area contributed by atoms with Gasteiger partial charge in [-0.05, 0) is 65.6 Å². The lowest BCUT2D eigenvalue weighted by Crippen LogP contribution is -2.51. The van der Waals surface area contributed by atoms with Gasteiger partial charge in [0.2, 0.25) is 0 Å². The maximum Gasteiger partial charge on any atom is 0.311 e. The standard InChI is InChI=1S/C17H19NO3.C10H20/c1-11(18-9-15(10-18)17(20)21-2)12-3-4-14-8-16(19)6-5-13(14)7-12;1-10(2,3)9-7-5-4-6-8-9/h3-8,11,15,19H,9-10H2,1-2H3;9H,4-8H2,1-3H3. The number of hydrogen-bond donors (Lipinski definition) is 1. The highest BCUT2D eigenvalue weighted by molar-refractivity contribution is 5.84. The van der Waals surface area contributed by atoms with Crippen LogP contribution < -0.4 is 0 Å². The summed E-state index contributed by atoms with van der Waals surface area (Å²) in [5.41, 5.74) is 1.79. The van der Waals surface area contributed by atoms with E-state index in [4.69, 9.17) is 4.74 Å². The molecule has 31 heavy (non-hydrogen) atoms. The van der Waals surface area contributed by atoms with Crippen molar-refractivity contribution in [1.29, 1.82) is 0 Å². The van der Waals surface area contributed by atoms with Gasteiger partial charge in [0.1, 0.15) is 5.75 Å². The van der Waals surface area contributed by atoms with Crippen molar-refractivity contribution in [1.82, 2.24) is 4.90 Å². The molecule has 170 valence electrons. The Morgan fingerprint density at radius 2 is 1.65 bits per heavy atom. The summed E-state index contributed by atoms with van der Waals surface area (Å²) >= 11 is 0. The lowest BCUT2D eigenvalue weighted by Gasteiger charge is -2.41. The van der Waals surface area contributed by atoms with Crippen LogP contribution in [0.3, 0.4) is 0 Å². The molecule has 1 unspecified atom stereocenters. The largest absolute Gasteiger partial charge is 0.508 e. The van der Waals surface area contributed by atoms with Crippen LogP contribution in [0.15, 0.2) is 36.4 Å². The lowest BCUT2D eigenvalue weighted by molar-refractivity contribution is -0.152. The Kier molecular flexibility index (Phi) is 7.64. The van der Waals surface area contributed by atoms with E-state index in [1.807, 2.05) is 12.1 Å². The molecule has 1 aliphatic heterocycles. The minimum Gasteiger partial charge on any atom is -0.508 e. The molecular weight excluding hydrogens is 386 g/mol. The van der Waals surface area contributed by atoms with Crippen LogP contribution in [0.25, 0.3) is 10.8 Å². The first kappa shape index (κ1) is 23.6.